The van der Waals surface area contributed by atoms with Crippen molar-refractivity contribution in [2.45, 2.75) is 49.2 Å². The van der Waals surface area contributed by atoms with Gasteiger partial charge in [0.2, 0.25) is 5.91 Å². The number of fused-ring (bicyclic) bond motifs is 2. The zero-order valence-electron chi connectivity index (χ0n) is 20.1. The van der Waals surface area contributed by atoms with E-state index in [1.807, 2.05) is 17.0 Å². The van der Waals surface area contributed by atoms with Gasteiger partial charge in [0.25, 0.3) is 0 Å². The maximum Gasteiger partial charge on any atom is 0.219 e. The number of benzene rings is 1. The van der Waals surface area contributed by atoms with Crippen molar-refractivity contribution >= 4 is 34.7 Å². The Bertz CT molecular complexity index is 1410. The molecule has 0 bridgehead atoms. The summed E-state index contributed by atoms with van der Waals surface area (Å²) in [6.45, 7) is 4.74. The monoisotopic (exact) mass is 504 g/mol. The summed E-state index contributed by atoms with van der Waals surface area (Å²) in [4.78, 5) is 28.2. The van der Waals surface area contributed by atoms with E-state index in [2.05, 4.69) is 26.7 Å². The van der Waals surface area contributed by atoms with E-state index >= 15 is 0 Å². The molecule has 36 heavy (non-hydrogen) atoms. The lowest BCUT2D eigenvalue weighted by Crippen LogP contribution is -2.37. The van der Waals surface area contributed by atoms with Crippen molar-refractivity contribution in [1.82, 2.24) is 24.4 Å². The quantitative estimate of drug-likeness (QED) is 0.411. The number of hydrogen-bond donors (Lipinski definition) is 1. The van der Waals surface area contributed by atoms with Gasteiger partial charge in [-0.3, -0.25) is 4.79 Å². The maximum atomic E-state index is 11.7. The molecule has 1 amide bonds. The van der Waals surface area contributed by atoms with Gasteiger partial charge in [-0.15, -0.1) is 0 Å². The summed E-state index contributed by atoms with van der Waals surface area (Å²) in [7, 11) is 0. The van der Waals surface area contributed by atoms with Gasteiger partial charge in [-0.2, -0.15) is 0 Å². The molecule has 1 aromatic carbocycles. The van der Waals surface area contributed by atoms with Crippen molar-refractivity contribution in [2.24, 2.45) is 5.92 Å². The fourth-order valence-corrected chi connectivity index (χ4v) is 6.13. The molecule has 5 heterocycles. The van der Waals surface area contributed by atoms with Gasteiger partial charge in [-0.05, 0) is 55.0 Å². The smallest absolute Gasteiger partial charge is 0.219 e. The Morgan fingerprint density at radius 1 is 1.25 bits per heavy atom. The van der Waals surface area contributed by atoms with Gasteiger partial charge in [0, 0.05) is 43.4 Å². The highest BCUT2D eigenvalue weighted by Gasteiger charge is 2.24. The van der Waals surface area contributed by atoms with Crippen LogP contribution in [0.25, 0.3) is 22.5 Å². The van der Waals surface area contributed by atoms with Crippen LogP contribution in [-0.2, 0) is 17.8 Å². The summed E-state index contributed by atoms with van der Waals surface area (Å²) in [5.74, 6) is 2.80. The highest BCUT2D eigenvalue weighted by molar-refractivity contribution is 7.99. The van der Waals surface area contributed by atoms with Crippen molar-refractivity contribution in [3.8, 4) is 17.1 Å². The Hall–Kier alpha value is -3.53. The molecule has 4 aromatic rings. The second-order valence-electron chi connectivity index (χ2n) is 9.35. The second kappa shape index (κ2) is 9.50. The number of anilines is 1. The van der Waals surface area contributed by atoms with Gasteiger partial charge in [0.15, 0.2) is 22.1 Å². The van der Waals surface area contributed by atoms with Crippen LogP contribution in [0.5, 0.6) is 5.75 Å². The van der Waals surface area contributed by atoms with Crippen molar-refractivity contribution < 1.29 is 13.9 Å². The van der Waals surface area contributed by atoms with E-state index in [1.54, 1.807) is 24.9 Å². The normalized spacial score (nSPS) is 15.9. The third-order valence-corrected chi connectivity index (χ3v) is 8.18. The lowest BCUT2D eigenvalue weighted by atomic mass is 9.93. The number of nitrogen functional groups attached to an aromatic ring is 1. The van der Waals surface area contributed by atoms with E-state index in [9.17, 15) is 4.79 Å². The Morgan fingerprint density at radius 3 is 2.89 bits per heavy atom. The average molecular weight is 505 g/mol. The van der Waals surface area contributed by atoms with Crippen LogP contribution in [0.1, 0.15) is 31.7 Å². The minimum Gasteiger partial charge on any atom is -0.493 e. The molecule has 0 unspecified atom stereocenters. The molecular weight excluding hydrogens is 476 g/mol. The molecule has 3 aromatic heterocycles. The summed E-state index contributed by atoms with van der Waals surface area (Å²) >= 11 is 1.57. The number of aryl methyl sites for hydroxylation is 1. The summed E-state index contributed by atoms with van der Waals surface area (Å²) in [5.41, 5.74) is 9.74. The molecule has 1 fully saturated rings. The standard InChI is InChI=1S/C26H28N6O3S/c1-16(33)31-8-4-17(5-9-31)6-10-32-25-23(24(27)28-15-29-25)30-26(32)36-22-14-21-18(7-12-35-21)13-19(22)20-3-2-11-34-20/h2-3,11,13-15,17H,4-10,12H2,1H3,(H2,27,28,29). The first kappa shape index (κ1) is 22.9. The van der Waals surface area contributed by atoms with Gasteiger partial charge >= 0.3 is 0 Å². The molecule has 2 aliphatic rings. The number of carbonyl (C=O) groups is 1. The summed E-state index contributed by atoms with van der Waals surface area (Å²) < 4.78 is 13.8. The van der Waals surface area contributed by atoms with Crippen LogP contribution in [0.3, 0.4) is 0 Å². The minimum absolute atomic E-state index is 0.158. The Balaban J connectivity index is 1.33. The zero-order valence-corrected chi connectivity index (χ0v) is 21.0. The first-order valence-electron chi connectivity index (χ1n) is 12.3. The van der Waals surface area contributed by atoms with Gasteiger partial charge in [0.05, 0.1) is 12.9 Å². The van der Waals surface area contributed by atoms with Crippen LogP contribution >= 0.6 is 11.8 Å². The lowest BCUT2D eigenvalue weighted by molar-refractivity contribution is -0.130. The number of hydrogen-bond acceptors (Lipinski definition) is 8. The highest BCUT2D eigenvalue weighted by Crippen LogP contribution is 2.42. The SMILES string of the molecule is CC(=O)N1CCC(CCn2c(Sc3cc4c(cc3-c3ccco3)CCO4)nc3c(N)ncnc32)CC1. The van der Waals surface area contributed by atoms with E-state index < -0.39 is 0 Å². The number of ether oxygens (including phenoxy) is 1. The predicted molar refractivity (Wildman–Crippen MR) is 137 cm³/mol. The van der Waals surface area contributed by atoms with Crippen LogP contribution < -0.4 is 10.5 Å². The maximum absolute atomic E-state index is 11.7. The molecule has 0 atom stereocenters. The Labute approximate surface area is 213 Å². The summed E-state index contributed by atoms with van der Waals surface area (Å²) in [6, 6.07) is 8.12. The lowest BCUT2D eigenvalue weighted by Gasteiger charge is -2.31. The fraction of sp³-hybridized carbons (Fsp3) is 0.385. The van der Waals surface area contributed by atoms with Gasteiger partial charge in [-0.1, -0.05) is 11.8 Å². The number of likely N-dealkylation sites (tertiary alicyclic amines) is 1. The first-order chi connectivity index (χ1) is 17.6. The average Bonchev–Trinajstić information content (AvgIpc) is 3.63. The van der Waals surface area contributed by atoms with Crippen LogP contribution in [0, 0.1) is 5.92 Å². The number of amides is 1. The number of carbonyl (C=O) groups excluding carboxylic acids is 1. The van der Waals surface area contributed by atoms with E-state index in [4.69, 9.17) is 19.9 Å². The fourth-order valence-electron chi connectivity index (χ4n) is 5.08. The number of nitrogens with two attached hydrogens (primary N) is 1. The van der Waals surface area contributed by atoms with Crippen molar-refractivity contribution in [3.05, 3.63) is 42.4 Å². The molecule has 2 N–H and O–H groups in total. The number of imidazole rings is 1. The van der Waals surface area contributed by atoms with Crippen LogP contribution in [0.4, 0.5) is 5.82 Å². The molecule has 9 nitrogen and oxygen atoms in total. The molecule has 0 radical (unpaired) electrons. The molecule has 2 aliphatic heterocycles. The molecule has 0 aliphatic carbocycles. The van der Waals surface area contributed by atoms with E-state index in [-0.39, 0.29) is 5.91 Å². The van der Waals surface area contributed by atoms with Crippen molar-refractivity contribution in [1.29, 1.82) is 0 Å². The van der Waals surface area contributed by atoms with Gasteiger partial charge in [0.1, 0.15) is 17.8 Å². The zero-order chi connectivity index (χ0) is 24.6. The van der Waals surface area contributed by atoms with Gasteiger partial charge < -0.3 is 24.4 Å². The topological polar surface area (TPSA) is 112 Å². The number of piperidine rings is 1. The van der Waals surface area contributed by atoms with Crippen LogP contribution in [-0.4, -0.2) is 50.0 Å². The van der Waals surface area contributed by atoms with Gasteiger partial charge in [-0.25, -0.2) is 15.0 Å². The summed E-state index contributed by atoms with van der Waals surface area (Å²) in [6.07, 6.45) is 7.07. The van der Waals surface area contributed by atoms with Crippen molar-refractivity contribution in [2.75, 3.05) is 25.4 Å². The molecule has 0 saturated carbocycles. The van der Waals surface area contributed by atoms with Crippen molar-refractivity contribution in [3.63, 3.8) is 0 Å². The van der Waals surface area contributed by atoms with E-state index in [0.717, 1.165) is 78.1 Å². The molecular formula is C26H28N6O3S. The number of nitrogens with zero attached hydrogens (tertiary/aromatic N) is 5. The highest BCUT2D eigenvalue weighted by atomic mass is 32.2. The second-order valence-corrected chi connectivity index (χ2v) is 10.4. The molecule has 0 spiro atoms. The first-order valence-corrected chi connectivity index (χ1v) is 13.1. The number of rotatable bonds is 6. The van der Waals surface area contributed by atoms with Crippen LogP contribution in [0.15, 0.2) is 51.3 Å². The third kappa shape index (κ3) is 4.30. The molecule has 186 valence electrons. The number of aromatic nitrogens is 4. The molecule has 6 rings (SSSR count). The Morgan fingerprint density at radius 2 is 2.11 bits per heavy atom. The van der Waals surface area contributed by atoms with E-state index in [0.29, 0.717) is 23.9 Å². The molecule has 10 heteroatoms. The largest absolute Gasteiger partial charge is 0.493 e. The minimum atomic E-state index is 0.158. The molecule has 1 saturated heterocycles. The predicted octanol–water partition coefficient (Wildman–Crippen LogP) is 4.40. The van der Waals surface area contributed by atoms with E-state index in [1.165, 1.54) is 11.9 Å². The van der Waals surface area contributed by atoms with Crippen LogP contribution in [0.2, 0.25) is 0 Å². The number of furan rings is 1. The summed E-state index contributed by atoms with van der Waals surface area (Å²) in [5, 5.41) is 0.809. The third-order valence-electron chi connectivity index (χ3n) is 7.13. The Kier molecular flexibility index (Phi) is 6.04.